The monoisotopic (exact) mass is 511 g/mol. The van der Waals surface area contributed by atoms with Crippen molar-refractivity contribution >= 4 is 18.4 Å². The minimum atomic E-state index is -2.34. The smallest absolute Gasteiger partial charge is 0.207 e. The van der Waals surface area contributed by atoms with Crippen LogP contribution < -0.4 is 14.9 Å². The number of halogens is 1. The summed E-state index contributed by atoms with van der Waals surface area (Å²) in [6.45, 7) is 6.84. The van der Waals surface area contributed by atoms with Gasteiger partial charge in [-0.25, -0.2) is 8.96 Å². The average Bonchev–Trinajstić information content (AvgIpc) is 3.16. The maximum Gasteiger partial charge on any atom is 0.215 e. The maximum absolute atomic E-state index is 14.5. The van der Waals surface area contributed by atoms with Gasteiger partial charge in [-0.15, -0.1) is 0 Å². The van der Waals surface area contributed by atoms with E-state index in [2.05, 4.69) is 80.7 Å². The van der Waals surface area contributed by atoms with Crippen LogP contribution in [0.2, 0.25) is 13.1 Å². The van der Waals surface area contributed by atoms with Gasteiger partial charge in [-0.05, 0) is 68.4 Å². The number of fused-ring (bicyclic) bond motifs is 3. The highest BCUT2D eigenvalue weighted by Gasteiger charge is 2.43. The van der Waals surface area contributed by atoms with Crippen molar-refractivity contribution in [3.05, 3.63) is 114 Å². The molecular formula is C34H28FN2Si+. The summed E-state index contributed by atoms with van der Waals surface area (Å²) >= 11 is 0. The predicted molar refractivity (Wildman–Crippen MR) is 156 cm³/mol. The molecule has 0 radical (unpaired) electrons. The Morgan fingerprint density at radius 1 is 0.737 bits per heavy atom. The molecule has 0 atom stereocenters. The molecule has 0 unspecified atom stereocenters. The lowest BCUT2D eigenvalue weighted by Crippen LogP contribution is -2.52. The van der Waals surface area contributed by atoms with E-state index in [1.165, 1.54) is 27.6 Å². The third-order valence-corrected chi connectivity index (χ3v) is 11.4. The van der Waals surface area contributed by atoms with Crippen molar-refractivity contribution in [3.8, 4) is 50.7 Å². The van der Waals surface area contributed by atoms with Crippen LogP contribution in [0.15, 0.2) is 97.2 Å². The highest BCUT2D eigenvalue weighted by Crippen LogP contribution is 2.39. The molecular weight excluding hydrogens is 483 g/mol. The molecule has 0 fully saturated rings. The predicted octanol–water partition coefficient (Wildman–Crippen LogP) is 6.63. The highest BCUT2D eigenvalue weighted by molar-refractivity contribution is 7.05. The second kappa shape index (κ2) is 8.90. The number of aromatic nitrogens is 1. The third-order valence-electron chi connectivity index (χ3n) is 7.91. The lowest BCUT2D eigenvalue weighted by molar-refractivity contribution is -0.660. The van der Waals surface area contributed by atoms with Gasteiger partial charge >= 0.3 is 0 Å². The number of aryl methyl sites for hydroxylation is 2. The van der Waals surface area contributed by atoms with Crippen molar-refractivity contribution in [1.29, 1.82) is 5.26 Å². The fourth-order valence-corrected chi connectivity index (χ4v) is 10.1. The van der Waals surface area contributed by atoms with Crippen LogP contribution in [0.3, 0.4) is 0 Å². The van der Waals surface area contributed by atoms with Crippen molar-refractivity contribution in [2.75, 3.05) is 0 Å². The molecule has 0 saturated carbocycles. The first kappa shape index (κ1) is 24.0. The van der Waals surface area contributed by atoms with Crippen molar-refractivity contribution < 1.29 is 8.96 Å². The summed E-state index contributed by atoms with van der Waals surface area (Å²) in [5, 5.41) is 12.8. The fourth-order valence-electron chi connectivity index (χ4n) is 6.18. The fraction of sp³-hybridized carbons (Fsp3) is 0.118. The van der Waals surface area contributed by atoms with Gasteiger partial charge in [-0.3, -0.25) is 0 Å². The average molecular weight is 512 g/mol. The van der Waals surface area contributed by atoms with Crippen molar-refractivity contribution in [2.24, 2.45) is 7.05 Å². The molecule has 1 aliphatic rings. The molecule has 1 aromatic heterocycles. The molecule has 184 valence electrons. The summed E-state index contributed by atoms with van der Waals surface area (Å²) in [7, 11) is -0.368. The maximum atomic E-state index is 14.5. The van der Waals surface area contributed by atoms with E-state index in [0.717, 1.165) is 39.1 Å². The van der Waals surface area contributed by atoms with E-state index >= 15 is 0 Å². The lowest BCUT2D eigenvalue weighted by Gasteiger charge is -2.25. The summed E-state index contributed by atoms with van der Waals surface area (Å²) in [4.78, 5) is 0. The second-order valence-corrected chi connectivity index (χ2v) is 14.9. The van der Waals surface area contributed by atoms with Crippen LogP contribution in [-0.4, -0.2) is 8.07 Å². The minimum absolute atomic E-state index is 0.240. The van der Waals surface area contributed by atoms with Gasteiger partial charge < -0.3 is 0 Å². The Labute approximate surface area is 224 Å². The first-order chi connectivity index (χ1) is 18.3. The number of nitriles is 1. The molecule has 1 aliphatic heterocycles. The number of hydrogen-bond donors (Lipinski definition) is 0. The molecule has 0 bridgehead atoms. The summed E-state index contributed by atoms with van der Waals surface area (Å²) in [5.41, 5.74) is 10.6. The van der Waals surface area contributed by atoms with Crippen LogP contribution in [0.4, 0.5) is 4.39 Å². The molecule has 4 aromatic carbocycles. The van der Waals surface area contributed by atoms with Crippen LogP contribution in [0.5, 0.6) is 0 Å². The van der Waals surface area contributed by atoms with Gasteiger partial charge in [0.15, 0.2) is 6.20 Å². The van der Waals surface area contributed by atoms with E-state index in [0.29, 0.717) is 5.56 Å². The van der Waals surface area contributed by atoms with Gasteiger partial charge in [-0.2, -0.15) is 5.26 Å². The number of nitrogens with zero attached hydrogens (tertiary/aromatic N) is 2. The number of hydrogen-bond acceptors (Lipinski definition) is 1. The number of pyridine rings is 1. The summed E-state index contributed by atoms with van der Waals surface area (Å²) in [6, 6.07) is 32.9. The Morgan fingerprint density at radius 2 is 1.39 bits per heavy atom. The van der Waals surface area contributed by atoms with Gasteiger partial charge in [0.25, 0.3) is 0 Å². The van der Waals surface area contributed by atoms with E-state index < -0.39 is 8.07 Å². The summed E-state index contributed by atoms with van der Waals surface area (Å²) < 4.78 is 16.5. The second-order valence-electron chi connectivity index (χ2n) is 10.6. The number of rotatable bonds is 3. The van der Waals surface area contributed by atoms with Crippen LogP contribution >= 0.6 is 0 Å². The standard InChI is InChI=1S/C34H28FN2Si/c1-22-13-15-28-29-16-14-26(21-36)32(25-12-8-11-24(19-25)23-9-6-5-7-10-23)34(29)38(3,4)33(28)31(22)30-20-27(35)17-18-37(30)2/h5-20H,1-4H3/q+1. The van der Waals surface area contributed by atoms with E-state index in [4.69, 9.17) is 0 Å². The Kier molecular flexibility index (Phi) is 5.63. The number of benzene rings is 4. The lowest BCUT2D eigenvalue weighted by atomic mass is 9.91. The Balaban J connectivity index is 1.64. The van der Waals surface area contributed by atoms with Gasteiger partial charge in [0, 0.05) is 17.7 Å². The van der Waals surface area contributed by atoms with Crippen LogP contribution in [0.1, 0.15) is 11.1 Å². The Bertz CT molecular complexity index is 1780. The van der Waals surface area contributed by atoms with Crippen molar-refractivity contribution in [3.63, 3.8) is 0 Å². The topological polar surface area (TPSA) is 27.7 Å². The van der Waals surface area contributed by atoms with E-state index in [1.807, 2.05) is 35.9 Å². The molecule has 0 N–H and O–H groups in total. The van der Waals surface area contributed by atoms with Gasteiger partial charge in [0.05, 0.1) is 11.6 Å². The van der Waals surface area contributed by atoms with Gasteiger partial charge in [-0.1, -0.05) is 79.8 Å². The third kappa shape index (κ3) is 3.62. The minimum Gasteiger partial charge on any atom is -0.207 e. The first-order valence-corrected chi connectivity index (χ1v) is 15.8. The summed E-state index contributed by atoms with van der Waals surface area (Å²) in [6.07, 6.45) is 1.79. The molecule has 0 amide bonds. The molecule has 0 spiro atoms. The SMILES string of the molecule is Cc1ccc2c(c1-c1cc(F)cc[n+]1C)[Si](C)(C)c1c-2ccc(C#N)c1-c1cccc(-c2ccccc2)c1. The molecule has 4 heteroatoms. The zero-order valence-electron chi connectivity index (χ0n) is 22.0. The molecule has 38 heavy (non-hydrogen) atoms. The van der Waals surface area contributed by atoms with Crippen LogP contribution in [0, 0.1) is 24.1 Å². The zero-order chi connectivity index (χ0) is 26.6. The largest absolute Gasteiger partial charge is 0.215 e. The van der Waals surface area contributed by atoms with Crippen molar-refractivity contribution in [1.82, 2.24) is 0 Å². The van der Waals surface area contributed by atoms with E-state index in [1.54, 1.807) is 12.3 Å². The summed E-state index contributed by atoms with van der Waals surface area (Å²) in [5.74, 6) is -0.240. The molecule has 6 rings (SSSR count). The molecule has 0 aliphatic carbocycles. The van der Waals surface area contributed by atoms with Gasteiger partial charge in [0.2, 0.25) is 5.69 Å². The van der Waals surface area contributed by atoms with E-state index in [-0.39, 0.29) is 5.82 Å². The first-order valence-electron chi connectivity index (χ1n) is 12.8. The molecule has 2 nitrogen and oxygen atoms in total. The highest BCUT2D eigenvalue weighted by atomic mass is 28.3. The van der Waals surface area contributed by atoms with Crippen LogP contribution in [0.25, 0.3) is 44.6 Å². The zero-order valence-corrected chi connectivity index (χ0v) is 23.0. The Hall–Kier alpha value is -4.33. The van der Waals surface area contributed by atoms with E-state index in [9.17, 15) is 9.65 Å². The normalized spacial score (nSPS) is 13.1. The van der Waals surface area contributed by atoms with Crippen LogP contribution in [-0.2, 0) is 7.05 Å². The molecule has 0 saturated heterocycles. The Morgan fingerprint density at radius 3 is 2.13 bits per heavy atom. The molecule has 5 aromatic rings. The molecule has 2 heterocycles. The quantitative estimate of drug-likeness (QED) is 0.197. The van der Waals surface area contributed by atoms with Gasteiger partial charge in [0.1, 0.15) is 20.9 Å². The van der Waals surface area contributed by atoms with Crippen molar-refractivity contribution in [2.45, 2.75) is 20.0 Å².